The van der Waals surface area contributed by atoms with Gasteiger partial charge in [-0.2, -0.15) is 0 Å². The molecule has 2 atom stereocenters. The summed E-state index contributed by atoms with van der Waals surface area (Å²) in [7, 11) is 0. The average molecular weight is 596 g/mol. The Morgan fingerprint density at radius 2 is 1.72 bits per heavy atom. The minimum Gasteiger partial charge on any atom is -0.449 e. The van der Waals surface area contributed by atoms with Crippen LogP contribution in [0, 0.1) is 5.92 Å². The Kier molecular flexibility index (Phi) is 8.20. The molecule has 0 radical (unpaired) electrons. The van der Waals surface area contributed by atoms with Crippen molar-refractivity contribution in [1.82, 2.24) is 20.6 Å². The molecule has 2 aromatic heterocycles. The average Bonchev–Trinajstić information content (AvgIpc) is 3.66. The number of hydrogen-bond acceptors (Lipinski definition) is 7. The van der Waals surface area contributed by atoms with Gasteiger partial charge in [0.15, 0.2) is 0 Å². The maximum atomic E-state index is 13.3. The van der Waals surface area contributed by atoms with E-state index in [9.17, 15) is 14.4 Å². The number of nitrogens with one attached hydrogen (secondary N) is 3. The van der Waals surface area contributed by atoms with Gasteiger partial charge in [0.05, 0.1) is 4.88 Å². The molecule has 0 fully saturated rings. The minimum atomic E-state index is -0.747. The van der Waals surface area contributed by atoms with Gasteiger partial charge in [-0.25, -0.2) is 14.8 Å². The number of alkyl carbamates (subject to hydrolysis) is 1. The molecule has 43 heavy (non-hydrogen) atoms. The Hall–Kier alpha value is -4.57. The topological polar surface area (TPSA) is 122 Å². The second-order valence-electron chi connectivity index (χ2n) is 11.2. The highest BCUT2D eigenvalue weighted by Crippen LogP contribution is 2.44. The Morgan fingerprint density at radius 3 is 2.40 bits per heavy atom. The lowest BCUT2D eigenvalue weighted by Crippen LogP contribution is -2.53. The number of aryl methyl sites for hydroxylation is 1. The largest absolute Gasteiger partial charge is 0.449 e. The molecule has 2 heterocycles. The Balaban J connectivity index is 1.04. The quantitative estimate of drug-likeness (QED) is 0.253. The third kappa shape index (κ3) is 6.15. The zero-order chi connectivity index (χ0) is 29.9. The van der Waals surface area contributed by atoms with E-state index in [0.717, 1.165) is 33.5 Å². The summed E-state index contributed by atoms with van der Waals surface area (Å²) in [5.74, 6) is -0.420. The van der Waals surface area contributed by atoms with Crippen LogP contribution in [0.4, 0.5) is 10.7 Å². The number of nitrogens with zero attached hydrogens (tertiary/aromatic N) is 2. The van der Waals surface area contributed by atoms with Gasteiger partial charge < -0.3 is 15.4 Å². The van der Waals surface area contributed by atoms with Crippen molar-refractivity contribution in [1.29, 1.82) is 0 Å². The van der Waals surface area contributed by atoms with Gasteiger partial charge in [-0.15, -0.1) is 11.3 Å². The monoisotopic (exact) mass is 595 g/mol. The molecule has 2 aliphatic rings. The van der Waals surface area contributed by atoms with Crippen molar-refractivity contribution >= 4 is 35.2 Å². The molecule has 0 saturated heterocycles. The Bertz CT molecular complexity index is 1610. The summed E-state index contributed by atoms with van der Waals surface area (Å²) in [6, 6.07) is 19.0. The van der Waals surface area contributed by atoms with Crippen molar-refractivity contribution in [2.45, 2.75) is 51.1 Å². The standard InChI is InChI=1S/C33H33N5O4S/c1-19(2)29(37-33(41)42-18-26-24-10-5-3-8-22(24)23-9-4-6-11-25(23)26)31(40)35-21-13-14-27-20(16-21)17-34-32(36-27)38-30(39)28-12-7-15-43-28/h3-12,15,17,19,21,26,29H,13-14,16,18H2,1-2H3,(H,35,40)(H,37,41)(H,34,36,38,39). The predicted molar refractivity (Wildman–Crippen MR) is 165 cm³/mol. The van der Waals surface area contributed by atoms with Gasteiger partial charge in [0.1, 0.15) is 12.6 Å². The first-order valence-corrected chi connectivity index (χ1v) is 15.4. The Morgan fingerprint density at radius 1 is 1.00 bits per heavy atom. The van der Waals surface area contributed by atoms with E-state index in [0.29, 0.717) is 24.1 Å². The Labute approximate surface area is 254 Å². The SMILES string of the molecule is CC(C)C(NC(=O)OCC1c2ccccc2-c2ccccc21)C(=O)NC1CCc2nc(NC(=O)c3cccs3)ncc2C1. The van der Waals surface area contributed by atoms with Gasteiger partial charge in [-0.1, -0.05) is 68.4 Å². The molecule has 220 valence electrons. The molecular formula is C33H33N5O4S. The normalized spacial score (nSPS) is 16.0. The molecule has 0 aliphatic heterocycles. The second kappa shape index (κ2) is 12.3. The van der Waals surface area contributed by atoms with E-state index in [4.69, 9.17) is 4.74 Å². The summed E-state index contributed by atoms with van der Waals surface area (Å²) >= 11 is 1.35. The minimum absolute atomic E-state index is 0.0569. The molecular weight excluding hydrogens is 562 g/mol. The third-order valence-corrected chi connectivity index (χ3v) is 8.90. The number of carbonyl (C=O) groups excluding carboxylic acids is 3. The summed E-state index contributed by atoms with van der Waals surface area (Å²) in [6.45, 7) is 3.97. The van der Waals surface area contributed by atoms with Crippen LogP contribution in [-0.2, 0) is 22.4 Å². The van der Waals surface area contributed by atoms with Crippen molar-refractivity contribution in [2.24, 2.45) is 5.92 Å². The summed E-state index contributed by atoms with van der Waals surface area (Å²) in [5, 5.41) is 10.5. The number of thiophene rings is 1. The first-order chi connectivity index (χ1) is 20.9. The lowest BCUT2D eigenvalue weighted by atomic mass is 9.92. The van der Waals surface area contributed by atoms with E-state index < -0.39 is 12.1 Å². The maximum Gasteiger partial charge on any atom is 0.407 e. The summed E-state index contributed by atoms with van der Waals surface area (Å²) in [5.41, 5.74) is 6.37. The predicted octanol–water partition coefficient (Wildman–Crippen LogP) is 5.33. The van der Waals surface area contributed by atoms with Gasteiger partial charge in [-0.05, 0) is 64.4 Å². The molecule has 3 amide bonds. The van der Waals surface area contributed by atoms with Crippen LogP contribution in [0.1, 0.15) is 58.2 Å². The molecule has 2 aliphatic carbocycles. The number of fused-ring (bicyclic) bond motifs is 4. The van der Waals surface area contributed by atoms with Crippen molar-refractivity contribution in [2.75, 3.05) is 11.9 Å². The van der Waals surface area contributed by atoms with Gasteiger partial charge >= 0.3 is 6.09 Å². The lowest BCUT2D eigenvalue weighted by Gasteiger charge is -2.28. The van der Waals surface area contributed by atoms with Crippen LogP contribution >= 0.6 is 11.3 Å². The highest BCUT2D eigenvalue weighted by Gasteiger charge is 2.31. The lowest BCUT2D eigenvalue weighted by molar-refractivity contribution is -0.124. The van der Waals surface area contributed by atoms with Crippen LogP contribution in [0.25, 0.3) is 11.1 Å². The number of amides is 3. The summed E-state index contributed by atoms with van der Waals surface area (Å²) in [4.78, 5) is 48.0. The smallest absolute Gasteiger partial charge is 0.407 e. The fraction of sp³-hybridized carbons (Fsp3) is 0.303. The number of benzene rings is 2. The van der Waals surface area contributed by atoms with E-state index >= 15 is 0 Å². The van der Waals surface area contributed by atoms with Crippen LogP contribution < -0.4 is 16.0 Å². The van der Waals surface area contributed by atoms with E-state index in [2.05, 4.69) is 50.2 Å². The van der Waals surface area contributed by atoms with Crippen molar-refractivity contribution in [3.8, 4) is 11.1 Å². The van der Waals surface area contributed by atoms with Crippen LogP contribution in [0.2, 0.25) is 0 Å². The number of aromatic nitrogens is 2. The fourth-order valence-corrected chi connectivity index (χ4v) is 6.47. The van der Waals surface area contributed by atoms with E-state index in [1.807, 2.05) is 49.6 Å². The second-order valence-corrected chi connectivity index (χ2v) is 12.2. The van der Waals surface area contributed by atoms with Crippen molar-refractivity contribution < 1.29 is 19.1 Å². The van der Waals surface area contributed by atoms with Gasteiger partial charge in [-0.3, -0.25) is 14.9 Å². The number of hydrogen-bond donors (Lipinski definition) is 3. The van der Waals surface area contributed by atoms with Crippen LogP contribution in [-0.4, -0.2) is 46.6 Å². The molecule has 4 aromatic rings. The third-order valence-electron chi connectivity index (χ3n) is 8.03. The van der Waals surface area contributed by atoms with Crippen LogP contribution in [0.15, 0.2) is 72.2 Å². The first kappa shape index (κ1) is 28.5. The van der Waals surface area contributed by atoms with Crippen molar-refractivity contribution in [3.05, 3.63) is 99.5 Å². The molecule has 2 unspecified atom stereocenters. The summed E-state index contributed by atoms with van der Waals surface area (Å²) < 4.78 is 5.69. The molecule has 0 bridgehead atoms. The highest BCUT2D eigenvalue weighted by atomic mass is 32.1. The van der Waals surface area contributed by atoms with Crippen molar-refractivity contribution in [3.63, 3.8) is 0 Å². The molecule has 10 heteroatoms. The number of ether oxygens (including phenoxy) is 1. The summed E-state index contributed by atoms with van der Waals surface area (Å²) in [6.07, 6.45) is 2.98. The van der Waals surface area contributed by atoms with Gasteiger partial charge in [0, 0.05) is 23.9 Å². The van der Waals surface area contributed by atoms with E-state index in [1.165, 1.54) is 11.3 Å². The number of carbonyl (C=O) groups is 3. The highest BCUT2D eigenvalue weighted by molar-refractivity contribution is 7.12. The first-order valence-electron chi connectivity index (χ1n) is 14.5. The molecule has 0 saturated carbocycles. The molecule has 6 rings (SSSR count). The molecule has 0 spiro atoms. The van der Waals surface area contributed by atoms with Crippen LogP contribution in [0.5, 0.6) is 0 Å². The van der Waals surface area contributed by atoms with Crippen LogP contribution in [0.3, 0.4) is 0 Å². The maximum absolute atomic E-state index is 13.3. The zero-order valence-electron chi connectivity index (χ0n) is 24.0. The number of rotatable bonds is 8. The van der Waals surface area contributed by atoms with E-state index in [-0.39, 0.29) is 42.2 Å². The number of anilines is 1. The van der Waals surface area contributed by atoms with E-state index in [1.54, 1.807) is 12.3 Å². The zero-order valence-corrected chi connectivity index (χ0v) is 24.8. The van der Waals surface area contributed by atoms with Gasteiger partial charge in [0.25, 0.3) is 5.91 Å². The fourth-order valence-electron chi connectivity index (χ4n) is 5.85. The van der Waals surface area contributed by atoms with Gasteiger partial charge in [0.2, 0.25) is 11.9 Å². The molecule has 2 aromatic carbocycles. The molecule has 9 nitrogen and oxygen atoms in total. The molecule has 3 N–H and O–H groups in total.